The van der Waals surface area contributed by atoms with Crippen molar-refractivity contribution in [2.45, 2.75) is 58.5 Å². The SMILES string of the molecule is CNC(C)(CC(C)N1CCC(C)(C)CC1)C(=O)O. The molecular weight excluding hydrogens is 228 g/mol. The normalized spacial score (nSPS) is 25.4. The Morgan fingerprint density at radius 3 is 2.33 bits per heavy atom. The van der Waals surface area contributed by atoms with Gasteiger partial charge < -0.3 is 15.3 Å². The average Bonchev–Trinajstić information content (AvgIpc) is 2.28. The lowest BCUT2D eigenvalue weighted by molar-refractivity contribution is -0.144. The first kappa shape index (κ1) is 15.4. The third-order valence-corrected chi connectivity index (χ3v) is 4.50. The second-order valence-electron chi connectivity index (χ2n) is 6.64. The summed E-state index contributed by atoms with van der Waals surface area (Å²) in [4.78, 5) is 13.7. The molecule has 106 valence electrons. The number of hydrogen-bond acceptors (Lipinski definition) is 3. The van der Waals surface area contributed by atoms with Crippen LogP contribution in [0.15, 0.2) is 0 Å². The lowest BCUT2D eigenvalue weighted by Gasteiger charge is -2.41. The van der Waals surface area contributed by atoms with Crippen molar-refractivity contribution in [1.29, 1.82) is 0 Å². The molecule has 0 aromatic carbocycles. The maximum atomic E-state index is 11.3. The average molecular weight is 256 g/mol. The molecular formula is C14H28N2O2. The van der Waals surface area contributed by atoms with Crippen molar-refractivity contribution in [3.8, 4) is 0 Å². The van der Waals surface area contributed by atoms with Gasteiger partial charge >= 0.3 is 5.97 Å². The fourth-order valence-corrected chi connectivity index (χ4v) is 2.59. The van der Waals surface area contributed by atoms with Crippen molar-refractivity contribution in [2.75, 3.05) is 20.1 Å². The largest absolute Gasteiger partial charge is 0.480 e. The summed E-state index contributed by atoms with van der Waals surface area (Å²) in [6.07, 6.45) is 3.03. The molecule has 2 N–H and O–H groups in total. The van der Waals surface area contributed by atoms with Gasteiger partial charge in [0.05, 0.1) is 0 Å². The number of nitrogens with zero attached hydrogens (tertiary/aromatic N) is 1. The maximum absolute atomic E-state index is 11.3. The van der Waals surface area contributed by atoms with E-state index in [0.717, 1.165) is 13.1 Å². The van der Waals surface area contributed by atoms with Gasteiger partial charge in [-0.1, -0.05) is 13.8 Å². The van der Waals surface area contributed by atoms with Gasteiger partial charge in [0.15, 0.2) is 0 Å². The first-order chi connectivity index (χ1) is 8.20. The molecule has 4 heteroatoms. The summed E-state index contributed by atoms with van der Waals surface area (Å²) in [6, 6.07) is 0.301. The minimum atomic E-state index is -0.827. The van der Waals surface area contributed by atoms with E-state index in [1.54, 1.807) is 14.0 Å². The van der Waals surface area contributed by atoms with Crippen molar-refractivity contribution in [1.82, 2.24) is 10.2 Å². The van der Waals surface area contributed by atoms with Crippen molar-refractivity contribution < 1.29 is 9.90 Å². The molecule has 1 saturated heterocycles. The molecule has 2 unspecified atom stereocenters. The predicted octanol–water partition coefficient (Wildman–Crippen LogP) is 1.95. The van der Waals surface area contributed by atoms with Gasteiger partial charge in [-0.3, -0.25) is 4.79 Å². The zero-order chi connectivity index (χ0) is 14.0. The summed E-state index contributed by atoms with van der Waals surface area (Å²) in [5.41, 5.74) is -0.387. The molecule has 1 aliphatic rings. The maximum Gasteiger partial charge on any atom is 0.323 e. The summed E-state index contributed by atoms with van der Waals surface area (Å²) < 4.78 is 0. The number of aliphatic carboxylic acids is 1. The molecule has 4 nitrogen and oxygen atoms in total. The topological polar surface area (TPSA) is 52.6 Å². The number of nitrogens with one attached hydrogen (secondary N) is 1. The molecule has 0 aromatic rings. The van der Waals surface area contributed by atoms with Gasteiger partial charge in [-0.05, 0) is 58.7 Å². The second-order valence-corrected chi connectivity index (χ2v) is 6.64. The summed E-state index contributed by atoms with van der Waals surface area (Å²) in [6.45, 7) is 10.7. The Bertz CT molecular complexity index is 294. The van der Waals surface area contributed by atoms with Gasteiger partial charge in [-0.25, -0.2) is 0 Å². The predicted molar refractivity (Wildman–Crippen MR) is 73.8 cm³/mol. The highest BCUT2D eigenvalue weighted by molar-refractivity contribution is 5.78. The van der Waals surface area contributed by atoms with Gasteiger partial charge in [-0.15, -0.1) is 0 Å². The van der Waals surface area contributed by atoms with Crippen molar-refractivity contribution in [3.63, 3.8) is 0 Å². The van der Waals surface area contributed by atoms with E-state index >= 15 is 0 Å². The fourth-order valence-electron chi connectivity index (χ4n) is 2.59. The van der Waals surface area contributed by atoms with Crippen LogP contribution >= 0.6 is 0 Å². The molecule has 0 radical (unpaired) electrons. The van der Waals surface area contributed by atoms with Crippen LogP contribution in [0.2, 0.25) is 0 Å². The Balaban J connectivity index is 2.56. The number of carboxylic acid groups (broad SMARTS) is 1. The first-order valence-electron chi connectivity index (χ1n) is 6.86. The van der Waals surface area contributed by atoms with Gasteiger partial charge in [0.25, 0.3) is 0 Å². The Kier molecular flexibility index (Phi) is 4.78. The van der Waals surface area contributed by atoms with Crippen molar-refractivity contribution in [2.24, 2.45) is 5.41 Å². The minimum absolute atomic E-state index is 0.301. The summed E-state index contributed by atoms with van der Waals surface area (Å²) >= 11 is 0. The minimum Gasteiger partial charge on any atom is -0.480 e. The number of rotatable bonds is 5. The molecule has 1 heterocycles. The van der Waals surface area contributed by atoms with Gasteiger partial charge in [0.1, 0.15) is 5.54 Å². The van der Waals surface area contributed by atoms with E-state index in [1.807, 2.05) is 0 Å². The van der Waals surface area contributed by atoms with Crippen LogP contribution in [-0.4, -0.2) is 47.7 Å². The van der Waals surface area contributed by atoms with Crippen LogP contribution in [0.5, 0.6) is 0 Å². The fraction of sp³-hybridized carbons (Fsp3) is 0.929. The van der Waals surface area contributed by atoms with Gasteiger partial charge in [-0.2, -0.15) is 0 Å². The molecule has 1 rings (SSSR count). The zero-order valence-electron chi connectivity index (χ0n) is 12.4. The second kappa shape index (κ2) is 5.57. The van der Waals surface area contributed by atoms with Crippen molar-refractivity contribution >= 4 is 5.97 Å². The van der Waals surface area contributed by atoms with E-state index in [-0.39, 0.29) is 0 Å². The summed E-state index contributed by atoms with van der Waals surface area (Å²) in [7, 11) is 1.72. The molecule has 1 fully saturated rings. The number of piperidine rings is 1. The van der Waals surface area contributed by atoms with Gasteiger partial charge in [0, 0.05) is 6.04 Å². The lowest BCUT2D eigenvalue weighted by atomic mass is 9.81. The summed E-state index contributed by atoms with van der Waals surface area (Å²) in [5.74, 6) is -0.769. The molecule has 18 heavy (non-hydrogen) atoms. The lowest BCUT2D eigenvalue weighted by Crippen LogP contribution is -2.53. The molecule has 2 atom stereocenters. The van der Waals surface area contributed by atoms with E-state index in [2.05, 4.69) is 31.0 Å². The third-order valence-electron chi connectivity index (χ3n) is 4.50. The van der Waals surface area contributed by atoms with Gasteiger partial charge in [0.2, 0.25) is 0 Å². The molecule has 0 saturated carbocycles. The number of likely N-dealkylation sites (tertiary alicyclic amines) is 1. The van der Waals surface area contributed by atoms with Crippen LogP contribution in [-0.2, 0) is 4.79 Å². The highest BCUT2D eigenvalue weighted by Gasteiger charge is 2.36. The highest BCUT2D eigenvalue weighted by atomic mass is 16.4. The number of likely N-dealkylation sites (N-methyl/N-ethyl adjacent to an activating group) is 1. The van der Waals surface area contributed by atoms with Crippen LogP contribution in [0.3, 0.4) is 0 Å². The molecule has 0 spiro atoms. The van der Waals surface area contributed by atoms with Crippen LogP contribution in [0, 0.1) is 5.41 Å². The van der Waals surface area contributed by atoms with E-state index in [0.29, 0.717) is 17.9 Å². The van der Waals surface area contributed by atoms with Crippen LogP contribution in [0.25, 0.3) is 0 Å². The standard InChI is InChI=1S/C14H28N2O2/c1-11(10-14(4,15-5)12(17)18)16-8-6-13(2,3)7-9-16/h11,15H,6-10H2,1-5H3,(H,17,18). The third kappa shape index (κ3) is 3.69. The number of carbonyl (C=O) groups is 1. The smallest absolute Gasteiger partial charge is 0.323 e. The zero-order valence-corrected chi connectivity index (χ0v) is 12.4. The van der Waals surface area contributed by atoms with Crippen LogP contribution < -0.4 is 5.32 Å². The quantitative estimate of drug-likeness (QED) is 0.789. The van der Waals surface area contributed by atoms with E-state index in [4.69, 9.17) is 0 Å². The highest BCUT2D eigenvalue weighted by Crippen LogP contribution is 2.31. The molecule has 0 aliphatic carbocycles. The monoisotopic (exact) mass is 256 g/mol. The van der Waals surface area contributed by atoms with Crippen LogP contribution in [0.4, 0.5) is 0 Å². The van der Waals surface area contributed by atoms with E-state index in [1.165, 1.54) is 12.8 Å². The first-order valence-corrected chi connectivity index (χ1v) is 6.86. The molecule has 1 aliphatic heterocycles. The molecule has 0 bridgehead atoms. The Morgan fingerprint density at radius 1 is 1.44 bits per heavy atom. The number of hydrogen-bond donors (Lipinski definition) is 2. The Labute approximate surface area is 111 Å². The number of carboxylic acids is 1. The Hall–Kier alpha value is -0.610. The van der Waals surface area contributed by atoms with E-state index in [9.17, 15) is 9.90 Å². The van der Waals surface area contributed by atoms with Crippen LogP contribution in [0.1, 0.15) is 47.0 Å². The molecule has 0 amide bonds. The summed E-state index contributed by atoms with van der Waals surface area (Å²) in [5, 5.41) is 12.2. The van der Waals surface area contributed by atoms with E-state index < -0.39 is 11.5 Å². The Morgan fingerprint density at radius 2 is 1.94 bits per heavy atom. The molecule has 0 aromatic heterocycles. The van der Waals surface area contributed by atoms with Crippen molar-refractivity contribution in [3.05, 3.63) is 0 Å².